The van der Waals surface area contributed by atoms with E-state index in [1.54, 1.807) is 23.3 Å². The van der Waals surface area contributed by atoms with E-state index in [9.17, 15) is 0 Å². The van der Waals surface area contributed by atoms with Gasteiger partial charge in [0.25, 0.3) is 0 Å². The van der Waals surface area contributed by atoms with Gasteiger partial charge in [-0.3, -0.25) is 0 Å². The van der Waals surface area contributed by atoms with Crippen LogP contribution in [0.15, 0.2) is 91.0 Å². The van der Waals surface area contributed by atoms with E-state index in [1.807, 2.05) is 0 Å². The Morgan fingerprint density at radius 3 is 2.03 bits per heavy atom. The third-order valence-electron chi connectivity index (χ3n) is 6.25. The van der Waals surface area contributed by atoms with Crippen LogP contribution in [0.2, 0.25) is 13.1 Å². The predicted molar refractivity (Wildman–Crippen MR) is 159 cm³/mol. The average Bonchev–Trinajstić information content (AvgIpc) is 3.41. The molecule has 0 bridgehead atoms. The van der Waals surface area contributed by atoms with Crippen LogP contribution >= 0.6 is 0 Å². The summed E-state index contributed by atoms with van der Waals surface area (Å²) in [5.41, 5.74) is 7.26. The number of rotatable bonds is 3. The third kappa shape index (κ3) is 9.63. The van der Waals surface area contributed by atoms with E-state index in [0.29, 0.717) is 0 Å². The van der Waals surface area contributed by atoms with Crippen LogP contribution in [0.3, 0.4) is 0 Å². The standard InChI is InChI=1S/C20H21.C12H13.C2H6Si.2ClH.Zr/c1-14-12-16-6-5-7-18(19(16)13-14)15-8-10-17(11-9-15)20(2,3)4;1-2-5-10-8-9-11-6-3-4-7-12(10)11;1-3-2;;;/h5-13H,1-4H3;3-4,6-9H,2,5H2,1H3;1-2H3;2*1H;/q2*-1;;;;+2/p-2. The van der Waals surface area contributed by atoms with Crippen molar-refractivity contribution < 1.29 is 48.1 Å². The minimum absolute atomic E-state index is 0. The van der Waals surface area contributed by atoms with Crippen LogP contribution < -0.4 is 24.8 Å². The molecule has 0 aliphatic rings. The molecular weight excluding hydrogens is 599 g/mol. The average molecular weight is 639 g/mol. The SMILES string of the molecule is CCCc1c[cH-]c2ccccc12.C[Si](C)=[Zr+2].Cc1cc2c(-c3ccc(C(C)(C)C)cc3)cccc2[cH-]1.[Cl-].[Cl-]. The van der Waals surface area contributed by atoms with Crippen molar-refractivity contribution in [2.24, 2.45) is 0 Å². The van der Waals surface area contributed by atoms with Crippen molar-refractivity contribution in [3.05, 3.63) is 108 Å². The number of aryl methyl sites for hydroxylation is 2. The molecule has 0 aromatic heterocycles. The van der Waals surface area contributed by atoms with Crippen LogP contribution in [-0.2, 0) is 35.2 Å². The van der Waals surface area contributed by atoms with Crippen LogP contribution in [0.1, 0.15) is 50.8 Å². The fourth-order valence-electron chi connectivity index (χ4n) is 4.49. The maximum Gasteiger partial charge on any atom is -0.0132 e. The van der Waals surface area contributed by atoms with Crippen LogP contribution in [-0.4, -0.2) is 5.43 Å². The summed E-state index contributed by atoms with van der Waals surface area (Å²) in [4.78, 5) is 0. The summed E-state index contributed by atoms with van der Waals surface area (Å²) in [7, 11) is 0. The van der Waals surface area contributed by atoms with Crippen molar-refractivity contribution in [2.45, 2.75) is 66.0 Å². The predicted octanol–water partition coefficient (Wildman–Crippen LogP) is 4.14. The Kier molecular flexibility index (Phi) is 14.5. The minimum atomic E-state index is 0. The molecule has 0 spiro atoms. The van der Waals surface area contributed by atoms with Crippen LogP contribution in [0.5, 0.6) is 0 Å². The van der Waals surface area contributed by atoms with Gasteiger partial charge in [0, 0.05) is 0 Å². The Morgan fingerprint density at radius 1 is 0.816 bits per heavy atom. The van der Waals surface area contributed by atoms with Crippen LogP contribution in [0.25, 0.3) is 32.7 Å². The molecule has 200 valence electrons. The minimum Gasteiger partial charge on any atom is -1.00 e. The quantitative estimate of drug-likeness (QED) is 0.206. The zero-order valence-corrected chi connectivity index (χ0v) is 28.8. The van der Waals surface area contributed by atoms with Crippen molar-refractivity contribution in [3.8, 4) is 11.1 Å². The first-order chi connectivity index (χ1) is 17.1. The van der Waals surface area contributed by atoms with Gasteiger partial charge in [-0.15, -0.1) is 75.6 Å². The summed E-state index contributed by atoms with van der Waals surface area (Å²) in [6, 6.07) is 33.1. The topological polar surface area (TPSA) is 0 Å². The number of halogens is 2. The molecule has 0 heterocycles. The molecule has 0 aliphatic carbocycles. The molecule has 4 heteroatoms. The normalized spacial score (nSPS) is 10.4. The summed E-state index contributed by atoms with van der Waals surface area (Å²) in [6.07, 6.45) is 2.43. The summed E-state index contributed by atoms with van der Waals surface area (Å²) < 4.78 is 0. The van der Waals surface area contributed by atoms with E-state index in [0.717, 1.165) is 0 Å². The maximum atomic E-state index is 2.31. The molecule has 0 nitrogen and oxygen atoms in total. The Labute approximate surface area is 258 Å². The molecule has 0 atom stereocenters. The maximum absolute atomic E-state index is 2.31. The number of fused-ring (bicyclic) bond motifs is 2. The Bertz CT molecular complexity index is 1410. The number of hydrogen-bond acceptors (Lipinski definition) is 0. The first-order valence-corrected chi connectivity index (χ1v) is 19.2. The van der Waals surface area contributed by atoms with E-state index in [1.165, 1.54) is 62.2 Å². The van der Waals surface area contributed by atoms with E-state index in [-0.39, 0.29) is 35.7 Å². The van der Waals surface area contributed by atoms with Gasteiger partial charge in [-0.2, -0.15) is 11.6 Å². The first kappa shape index (κ1) is 34.6. The third-order valence-corrected chi connectivity index (χ3v) is 6.25. The fourth-order valence-corrected chi connectivity index (χ4v) is 4.49. The summed E-state index contributed by atoms with van der Waals surface area (Å²) in [5, 5.41) is 5.49. The molecule has 0 fully saturated rings. The Hall–Kier alpha value is -1.44. The van der Waals surface area contributed by atoms with Gasteiger partial charge in [0.2, 0.25) is 0 Å². The fraction of sp³-hybridized carbons (Fsp3) is 0.294. The first-order valence-electron chi connectivity index (χ1n) is 13.0. The van der Waals surface area contributed by atoms with E-state index < -0.39 is 0 Å². The number of benzene rings is 3. The van der Waals surface area contributed by atoms with Gasteiger partial charge in [0.1, 0.15) is 0 Å². The van der Waals surface area contributed by atoms with Crippen molar-refractivity contribution in [3.63, 3.8) is 0 Å². The van der Waals surface area contributed by atoms with Gasteiger partial charge in [-0.05, 0) is 16.5 Å². The van der Waals surface area contributed by atoms with Gasteiger partial charge in [-0.25, -0.2) is 0 Å². The second kappa shape index (κ2) is 16.0. The van der Waals surface area contributed by atoms with E-state index >= 15 is 0 Å². The molecule has 0 saturated heterocycles. The van der Waals surface area contributed by atoms with Gasteiger partial charge >= 0.3 is 41.9 Å². The Morgan fingerprint density at radius 2 is 1.42 bits per heavy atom. The van der Waals surface area contributed by atoms with Gasteiger partial charge in [0.05, 0.1) is 0 Å². The zero-order valence-electron chi connectivity index (χ0n) is 23.8. The molecule has 0 amide bonds. The van der Waals surface area contributed by atoms with Crippen molar-refractivity contribution in [2.75, 3.05) is 0 Å². The zero-order chi connectivity index (χ0) is 26.3. The molecule has 5 rings (SSSR count). The van der Waals surface area contributed by atoms with Crippen LogP contribution in [0.4, 0.5) is 0 Å². The van der Waals surface area contributed by atoms with Crippen LogP contribution in [0, 0.1) is 6.92 Å². The largest absolute Gasteiger partial charge is 1.00 e. The molecular formula is C34H40Cl2SiZr-2. The van der Waals surface area contributed by atoms with Crippen molar-refractivity contribution >= 4 is 27.0 Å². The van der Waals surface area contributed by atoms with Crippen molar-refractivity contribution in [1.29, 1.82) is 0 Å². The van der Waals surface area contributed by atoms with Gasteiger partial charge in [0.15, 0.2) is 0 Å². The second-order valence-corrected chi connectivity index (χ2v) is 20.2. The molecule has 0 unspecified atom stereocenters. The summed E-state index contributed by atoms with van der Waals surface area (Å²) in [5.74, 6) is 0. The molecule has 0 saturated carbocycles. The summed E-state index contributed by atoms with van der Waals surface area (Å²) >= 11 is 1.74. The van der Waals surface area contributed by atoms with E-state index in [2.05, 4.69) is 139 Å². The monoisotopic (exact) mass is 636 g/mol. The Balaban J connectivity index is 0.000000344. The smallest absolute Gasteiger partial charge is 0.0132 e. The van der Waals surface area contributed by atoms with Gasteiger partial charge in [-0.1, -0.05) is 89.4 Å². The molecule has 0 radical (unpaired) electrons. The number of hydrogen-bond donors (Lipinski definition) is 0. The summed E-state index contributed by atoms with van der Waals surface area (Å²) in [6.45, 7) is 15.8. The van der Waals surface area contributed by atoms with E-state index in [4.69, 9.17) is 0 Å². The van der Waals surface area contributed by atoms with Gasteiger partial charge < -0.3 is 24.8 Å². The second-order valence-electron chi connectivity index (χ2n) is 10.9. The molecule has 0 aliphatic heterocycles. The molecule has 0 N–H and O–H groups in total. The molecule has 5 aromatic rings. The van der Waals surface area contributed by atoms with Crippen molar-refractivity contribution in [1.82, 2.24) is 0 Å². The molecule has 38 heavy (non-hydrogen) atoms. The molecule has 5 aromatic carbocycles.